The predicted octanol–water partition coefficient (Wildman–Crippen LogP) is 5.08. The molecule has 0 bridgehead atoms. The molecule has 10 heteroatoms. The molecule has 0 unspecified atom stereocenters. The van der Waals surface area contributed by atoms with Crippen LogP contribution in [-0.2, 0) is 21.1 Å². The van der Waals surface area contributed by atoms with E-state index in [1.165, 1.54) is 5.34 Å². The number of benzene rings is 9. The van der Waals surface area contributed by atoms with Crippen molar-refractivity contribution in [3.63, 3.8) is 0 Å². The summed E-state index contributed by atoms with van der Waals surface area (Å²) in [5.41, 5.74) is 0. The first kappa shape index (κ1) is 48.6. The van der Waals surface area contributed by atoms with Crippen LogP contribution in [0, 0.1) is 4.91 Å². The van der Waals surface area contributed by atoms with Gasteiger partial charge in [-0.05, 0) is 46.7 Å². The monoisotopic (exact) mass is 973 g/mol. The molecule has 0 amide bonds. The van der Waals surface area contributed by atoms with E-state index in [0.717, 1.165) is 46.7 Å². The molecule has 0 spiro atoms. The van der Waals surface area contributed by atoms with Crippen LogP contribution in [0.4, 0.5) is 0 Å². The van der Waals surface area contributed by atoms with Gasteiger partial charge in [-0.3, -0.25) is 0 Å². The van der Waals surface area contributed by atoms with Crippen molar-refractivity contribution in [3.8, 4) is 0 Å². The van der Waals surface area contributed by atoms with Gasteiger partial charge in [0.2, 0.25) is 0 Å². The van der Waals surface area contributed by atoms with Crippen LogP contribution in [0.1, 0.15) is 0 Å². The van der Waals surface area contributed by atoms with Gasteiger partial charge in [-0.25, -0.2) is 0 Å². The predicted molar refractivity (Wildman–Crippen MR) is 266 cm³/mol. The van der Waals surface area contributed by atoms with Crippen LogP contribution in [0.2, 0.25) is 0 Å². The Labute approximate surface area is 393 Å². The summed E-state index contributed by atoms with van der Waals surface area (Å²) in [5.74, 6) is 0. The van der Waals surface area contributed by atoms with Crippen LogP contribution in [0.15, 0.2) is 278 Å². The Morgan fingerprint density at radius 3 is 0.391 bits per heavy atom. The van der Waals surface area contributed by atoms with Gasteiger partial charge < -0.3 is 19.6 Å². The topological polar surface area (TPSA) is 110 Å². The van der Waals surface area contributed by atoms with E-state index in [1.54, 1.807) is 0 Å². The zero-order chi connectivity index (χ0) is 44.2. The fourth-order valence-electron chi connectivity index (χ4n) is 7.61. The van der Waals surface area contributed by atoms with E-state index in [1.807, 2.05) is 273 Å². The molecule has 0 aliphatic heterocycles. The van der Waals surface area contributed by atoms with Crippen LogP contribution in [0.3, 0.4) is 0 Å². The van der Waals surface area contributed by atoms with Crippen LogP contribution in [-0.4, -0.2) is 44.5 Å². The van der Waals surface area contributed by atoms with Gasteiger partial charge in [-0.15, -0.1) is 4.91 Å². The van der Waals surface area contributed by atoms with Crippen LogP contribution >= 0.6 is 0 Å². The van der Waals surface area contributed by atoms with Crippen molar-refractivity contribution in [1.29, 1.82) is 0 Å². The zero-order valence-electron chi connectivity index (χ0n) is 35.0. The molecule has 0 aromatic heterocycles. The summed E-state index contributed by atoms with van der Waals surface area (Å²) in [6.45, 7) is 0. The fourth-order valence-corrected chi connectivity index (χ4v) is 16.7. The van der Waals surface area contributed by atoms with Crippen LogP contribution < -0.4 is 46.7 Å². The SMILES string of the molecule is O=NO.O[Si](c1ccccc1)(c1ccccc1)c1ccccc1.O[Si](c1ccccc1)(c1ccccc1)c1ccccc1.O[Si](c1ccccc1)(c1ccccc1)c1ccccc1.[Mo]. The molecule has 0 aliphatic carbocycles. The van der Waals surface area contributed by atoms with Gasteiger partial charge >= 0.3 is 0 Å². The Hall–Kier alpha value is -6.40. The second-order valence-electron chi connectivity index (χ2n) is 14.5. The van der Waals surface area contributed by atoms with Crippen molar-refractivity contribution in [2.24, 2.45) is 5.34 Å². The van der Waals surface area contributed by atoms with Gasteiger partial charge in [-0.1, -0.05) is 273 Å². The Kier molecular flexibility index (Phi) is 18.6. The van der Waals surface area contributed by atoms with Gasteiger partial charge in [0.25, 0.3) is 25.0 Å². The second-order valence-corrected chi connectivity index (χ2v) is 24.0. The molecule has 0 fully saturated rings. The maximum Gasteiger partial charge on any atom is 0.285 e. The number of nitrogens with zero attached hydrogens (tertiary/aromatic N) is 1. The summed E-state index contributed by atoms with van der Waals surface area (Å²) >= 11 is 0. The third kappa shape index (κ3) is 11.6. The van der Waals surface area contributed by atoms with E-state index in [2.05, 4.69) is 0 Å². The maximum atomic E-state index is 11.6. The Morgan fingerprint density at radius 2 is 0.312 bits per heavy atom. The third-order valence-electron chi connectivity index (χ3n) is 10.7. The standard InChI is InChI=1S/3C18H16OSi.Mo.HNO2/c3*19-20(16-10-4-1-5-11-16,17-12-6-2-7-13-17)18-14-8-3-9-15-18;;2-1-3/h3*1-15,19H;;(H,2,3). The quantitative estimate of drug-likeness (QED) is 0.0700. The molecule has 9 rings (SSSR count). The molecule has 0 saturated carbocycles. The Morgan fingerprint density at radius 1 is 0.234 bits per heavy atom. The Bertz CT molecular complexity index is 2080. The number of hydrogen-bond acceptors (Lipinski definition) is 5. The summed E-state index contributed by atoms with van der Waals surface area (Å²) in [4.78, 5) is 42.8. The van der Waals surface area contributed by atoms with E-state index < -0.39 is 25.0 Å². The molecule has 318 valence electrons. The molecule has 0 heterocycles. The molecule has 9 aromatic carbocycles. The molecule has 0 saturated heterocycles. The molecule has 4 N–H and O–H groups in total. The minimum atomic E-state index is -2.88. The van der Waals surface area contributed by atoms with Gasteiger partial charge in [0.1, 0.15) is 0 Å². The van der Waals surface area contributed by atoms with E-state index in [4.69, 9.17) is 10.1 Å². The summed E-state index contributed by atoms with van der Waals surface area (Å²) < 4.78 is 0. The van der Waals surface area contributed by atoms with Crippen molar-refractivity contribution in [2.75, 3.05) is 0 Å². The minimum absolute atomic E-state index is 0. The summed E-state index contributed by atoms with van der Waals surface area (Å²) in [7, 11) is -8.63. The summed E-state index contributed by atoms with van der Waals surface area (Å²) in [5, 5.41) is 17.0. The van der Waals surface area contributed by atoms with E-state index in [0.29, 0.717) is 0 Å². The minimum Gasteiger partial charge on any atom is -0.421 e. The fraction of sp³-hybridized carbons (Fsp3) is 0. The van der Waals surface area contributed by atoms with Crippen molar-refractivity contribution in [2.45, 2.75) is 0 Å². The average Bonchev–Trinajstić information content (AvgIpc) is 3.38. The van der Waals surface area contributed by atoms with Gasteiger partial charge in [0, 0.05) is 21.1 Å². The van der Waals surface area contributed by atoms with E-state index in [-0.39, 0.29) is 21.1 Å². The molecule has 0 radical (unpaired) electrons. The second kappa shape index (κ2) is 24.4. The van der Waals surface area contributed by atoms with Gasteiger partial charge in [0.15, 0.2) is 5.34 Å². The first-order valence-corrected chi connectivity index (χ1v) is 26.3. The Balaban J connectivity index is 0.000000174. The molecule has 0 atom stereocenters. The van der Waals surface area contributed by atoms with E-state index >= 15 is 0 Å². The van der Waals surface area contributed by atoms with E-state index in [9.17, 15) is 14.4 Å². The summed E-state index contributed by atoms with van der Waals surface area (Å²) in [6, 6.07) is 89.9. The molecule has 0 aliphatic rings. The van der Waals surface area contributed by atoms with Crippen molar-refractivity contribution in [3.05, 3.63) is 278 Å². The summed E-state index contributed by atoms with van der Waals surface area (Å²) in [6.07, 6.45) is 0. The van der Waals surface area contributed by atoms with Gasteiger partial charge in [-0.2, -0.15) is 0 Å². The molecular formula is C54H49MoNO5Si3. The maximum absolute atomic E-state index is 11.6. The molecular weight excluding hydrogens is 923 g/mol. The van der Waals surface area contributed by atoms with Crippen molar-refractivity contribution >= 4 is 71.6 Å². The molecule has 9 aromatic rings. The largest absolute Gasteiger partial charge is 0.421 e. The number of hydrogen-bond donors (Lipinski definition) is 4. The van der Waals surface area contributed by atoms with Crippen LogP contribution in [0.5, 0.6) is 0 Å². The van der Waals surface area contributed by atoms with Crippen molar-refractivity contribution in [1.82, 2.24) is 0 Å². The van der Waals surface area contributed by atoms with Crippen LogP contribution in [0.25, 0.3) is 0 Å². The first-order valence-electron chi connectivity index (χ1n) is 20.5. The normalized spacial score (nSPS) is 10.7. The van der Waals surface area contributed by atoms with Gasteiger partial charge in [0.05, 0.1) is 0 Å². The molecule has 6 nitrogen and oxygen atoms in total. The smallest absolute Gasteiger partial charge is 0.285 e. The first-order chi connectivity index (χ1) is 30.9. The average molecular weight is 972 g/mol. The molecule has 64 heavy (non-hydrogen) atoms. The van der Waals surface area contributed by atoms with Crippen molar-refractivity contribution < 1.29 is 40.7 Å². The third-order valence-corrected chi connectivity index (χ3v) is 21.2. The number of rotatable bonds is 9. The zero-order valence-corrected chi connectivity index (χ0v) is 40.0.